The molecule has 1 aromatic heterocycles. The second kappa shape index (κ2) is 11.0. The van der Waals surface area contributed by atoms with Crippen molar-refractivity contribution in [2.24, 2.45) is 0 Å². The number of likely N-dealkylation sites (tertiary alicyclic amines) is 1. The van der Waals surface area contributed by atoms with Gasteiger partial charge in [0, 0.05) is 30.2 Å². The number of carbonyl (C=O) groups excluding carboxylic acids is 1. The summed E-state index contributed by atoms with van der Waals surface area (Å²) in [6.45, 7) is 4.12. The van der Waals surface area contributed by atoms with E-state index in [1.165, 1.54) is 0 Å². The zero-order valence-electron chi connectivity index (χ0n) is 20.2. The highest BCUT2D eigenvalue weighted by molar-refractivity contribution is 7.89. The van der Waals surface area contributed by atoms with Crippen molar-refractivity contribution >= 4 is 32.6 Å². The van der Waals surface area contributed by atoms with E-state index >= 15 is 0 Å². The zero-order chi connectivity index (χ0) is 26.6. The Balaban J connectivity index is 1.21. The molecule has 3 N–H and O–H groups in total. The molecule has 0 aliphatic carbocycles. The lowest BCUT2D eigenvalue weighted by Gasteiger charge is -2.32. The Morgan fingerprint density at radius 3 is 2.43 bits per heavy atom. The van der Waals surface area contributed by atoms with Gasteiger partial charge in [0.2, 0.25) is 10.0 Å². The van der Waals surface area contributed by atoms with Crippen molar-refractivity contribution in [3.8, 4) is 0 Å². The number of aromatic nitrogens is 1. The summed E-state index contributed by atoms with van der Waals surface area (Å²) in [5.41, 5.74) is 1.38. The van der Waals surface area contributed by atoms with Gasteiger partial charge in [0.05, 0.1) is 21.7 Å². The Morgan fingerprint density at radius 2 is 1.76 bits per heavy atom. The molecule has 1 fully saturated rings. The third kappa shape index (κ3) is 6.96. The summed E-state index contributed by atoms with van der Waals surface area (Å²) in [4.78, 5) is 18.8. The van der Waals surface area contributed by atoms with Gasteiger partial charge in [-0.15, -0.1) is 0 Å². The van der Waals surface area contributed by atoms with Crippen LogP contribution in [0.1, 0.15) is 24.1 Å². The summed E-state index contributed by atoms with van der Waals surface area (Å²) in [7, 11) is -3.92. The normalized spacial score (nSPS) is 15.6. The molecular formula is C25H28F3N5O3S. The van der Waals surface area contributed by atoms with Gasteiger partial charge in [0.1, 0.15) is 0 Å². The molecule has 37 heavy (non-hydrogen) atoms. The molecule has 0 unspecified atom stereocenters. The fourth-order valence-corrected chi connectivity index (χ4v) is 5.60. The van der Waals surface area contributed by atoms with Crippen LogP contribution in [0.4, 0.5) is 23.7 Å². The molecule has 2 heterocycles. The number of alkyl halides is 3. The van der Waals surface area contributed by atoms with Crippen LogP contribution in [0.2, 0.25) is 0 Å². The van der Waals surface area contributed by atoms with Gasteiger partial charge in [0.25, 0.3) is 0 Å². The minimum Gasteiger partial charge on any atom is -0.337 e. The zero-order valence-corrected chi connectivity index (χ0v) is 21.0. The minimum absolute atomic E-state index is 0.199. The van der Waals surface area contributed by atoms with Crippen LogP contribution in [-0.4, -0.2) is 56.6 Å². The highest BCUT2D eigenvalue weighted by atomic mass is 32.2. The fourth-order valence-electron chi connectivity index (χ4n) is 4.29. The number of nitrogens with zero attached hydrogens (tertiary/aromatic N) is 2. The average molecular weight is 536 g/mol. The molecule has 2 aromatic carbocycles. The average Bonchev–Trinajstić information content (AvgIpc) is 2.84. The molecule has 8 nitrogen and oxygen atoms in total. The van der Waals surface area contributed by atoms with Crippen molar-refractivity contribution in [1.29, 1.82) is 0 Å². The molecule has 0 atom stereocenters. The monoisotopic (exact) mass is 535 g/mol. The molecule has 0 radical (unpaired) electrons. The maximum absolute atomic E-state index is 12.7. The van der Waals surface area contributed by atoms with Gasteiger partial charge in [-0.1, -0.05) is 18.2 Å². The van der Waals surface area contributed by atoms with Crippen molar-refractivity contribution in [1.82, 2.24) is 19.9 Å². The Hall–Kier alpha value is -3.22. The molecule has 0 bridgehead atoms. The van der Waals surface area contributed by atoms with Crippen LogP contribution < -0.4 is 15.4 Å². The van der Waals surface area contributed by atoms with Crippen LogP contribution in [0.5, 0.6) is 0 Å². The molecule has 1 saturated heterocycles. The Morgan fingerprint density at radius 1 is 1.08 bits per heavy atom. The van der Waals surface area contributed by atoms with E-state index in [1.54, 1.807) is 0 Å². The van der Waals surface area contributed by atoms with Gasteiger partial charge in [-0.05, 0) is 69.3 Å². The number of pyridine rings is 1. The highest BCUT2D eigenvalue weighted by Gasteiger charge is 2.31. The van der Waals surface area contributed by atoms with Crippen LogP contribution in [-0.2, 0) is 16.2 Å². The van der Waals surface area contributed by atoms with E-state index in [1.807, 2.05) is 37.3 Å². The fraction of sp³-hybridized carbons (Fsp3) is 0.360. The first-order valence-electron chi connectivity index (χ1n) is 11.8. The summed E-state index contributed by atoms with van der Waals surface area (Å²) in [5, 5.41) is 6.57. The number of para-hydroxylation sites is 1. The van der Waals surface area contributed by atoms with E-state index in [-0.39, 0.29) is 17.0 Å². The van der Waals surface area contributed by atoms with Crippen molar-refractivity contribution in [3.05, 3.63) is 65.9 Å². The predicted molar refractivity (Wildman–Crippen MR) is 135 cm³/mol. The Labute approximate surface area is 213 Å². The maximum atomic E-state index is 12.7. The summed E-state index contributed by atoms with van der Waals surface area (Å²) in [5.74, 6) is 0. The van der Waals surface area contributed by atoms with Gasteiger partial charge < -0.3 is 15.5 Å². The van der Waals surface area contributed by atoms with Gasteiger partial charge in [-0.2, -0.15) is 13.2 Å². The first kappa shape index (κ1) is 26.8. The van der Waals surface area contributed by atoms with Gasteiger partial charge in [0.15, 0.2) is 0 Å². The summed E-state index contributed by atoms with van der Waals surface area (Å²) in [6, 6.07) is 12.2. The van der Waals surface area contributed by atoms with Crippen molar-refractivity contribution in [2.75, 3.05) is 31.5 Å². The number of benzene rings is 2. The van der Waals surface area contributed by atoms with Crippen molar-refractivity contribution in [2.45, 2.75) is 36.9 Å². The number of amides is 2. The number of aryl methyl sites for hydroxylation is 1. The lowest BCUT2D eigenvalue weighted by Crippen LogP contribution is -2.46. The molecule has 12 heteroatoms. The van der Waals surface area contributed by atoms with Crippen LogP contribution in [0.25, 0.3) is 10.9 Å². The number of nitrogens with one attached hydrogen (secondary N) is 3. The van der Waals surface area contributed by atoms with E-state index in [2.05, 4.69) is 25.2 Å². The molecular weight excluding hydrogens is 507 g/mol. The molecule has 0 spiro atoms. The number of rotatable bonds is 7. The molecule has 2 amide bonds. The molecule has 4 rings (SSSR count). The molecule has 198 valence electrons. The quantitative estimate of drug-likeness (QED) is 0.422. The largest absolute Gasteiger partial charge is 0.416 e. The topological polar surface area (TPSA) is 103 Å². The van der Waals surface area contributed by atoms with Gasteiger partial charge in [-0.3, -0.25) is 4.98 Å². The number of sulfonamides is 1. The number of halogens is 3. The number of carbonyl (C=O) groups is 1. The van der Waals surface area contributed by atoms with E-state index < -0.39 is 21.8 Å². The van der Waals surface area contributed by atoms with Crippen molar-refractivity contribution in [3.63, 3.8) is 0 Å². The number of piperidine rings is 1. The van der Waals surface area contributed by atoms with Crippen LogP contribution in [0.15, 0.2) is 59.5 Å². The summed E-state index contributed by atoms with van der Waals surface area (Å²) >= 11 is 0. The first-order chi connectivity index (χ1) is 17.5. The summed E-state index contributed by atoms with van der Waals surface area (Å²) < 4.78 is 65.9. The summed E-state index contributed by atoms with van der Waals surface area (Å²) in [6.07, 6.45) is -3.42. The first-order valence-corrected chi connectivity index (χ1v) is 13.3. The van der Waals surface area contributed by atoms with Crippen LogP contribution in [0, 0.1) is 6.92 Å². The van der Waals surface area contributed by atoms with E-state index in [9.17, 15) is 26.4 Å². The smallest absolute Gasteiger partial charge is 0.337 e. The predicted octanol–water partition coefficient (Wildman–Crippen LogP) is 4.13. The number of hydrogen-bond donors (Lipinski definition) is 3. The molecule has 1 aliphatic heterocycles. The Kier molecular flexibility index (Phi) is 8.00. The van der Waals surface area contributed by atoms with Crippen molar-refractivity contribution < 1.29 is 26.4 Å². The van der Waals surface area contributed by atoms with Crippen LogP contribution in [0.3, 0.4) is 0 Å². The van der Waals surface area contributed by atoms with Crippen LogP contribution >= 0.6 is 0 Å². The lowest BCUT2D eigenvalue weighted by atomic mass is 10.1. The second-order valence-electron chi connectivity index (χ2n) is 8.97. The SMILES string of the molecule is Cc1cc(NC(=O)NCCN2CCC(NS(=O)(=O)c3ccc(C(F)(F)F)cc3)CC2)c2ccccc2n1. The van der Waals surface area contributed by atoms with Gasteiger partial charge >= 0.3 is 12.2 Å². The third-order valence-electron chi connectivity index (χ3n) is 6.21. The number of fused-ring (bicyclic) bond motifs is 1. The third-order valence-corrected chi connectivity index (χ3v) is 7.74. The Bertz CT molecular complexity index is 1360. The van der Waals surface area contributed by atoms with Gasteiger partial charge in [-0.25, -0.2) is 17.9 Å². The minimum atomic E-state index is -4.52. The molecule has 1 aliphatic rings. The maximum Gasteiger partial charge on any atom is 0.416 e. The number of anilines is 1. The molecule has 3 aromatic rings. The molecule has 0 saturated carbocycles. The number of hydrogen-bond acceptors (Lipinski definition) is 5. The highest BCUT2D eigenvalue weighted by Crippen LogP contribution is 2.30. The number of urea groups is 1. The van der Waals surface area contributed by atoms with E-state index in [0.717, 1.165) is 40.9 Å². The van der Waals surface area contributed by atoms with E-state index in [4.69, 9.17) is 0 Å². The lowest BCUT2D eigenvalue weighted by molar-refractivity contribution is -0.137. The second-order valence-corrected chi connectivity index (χ2v) is 10.7. The standard InChI is InChI=1S/C25H28F3N5O3S/c1-17-16-23(21-4-2-3-5-22(21)30-17)31-24(34)29-12-15-33-13-10-19(11-14-33)32-37(35,36)20-8-6-18(7-9-20)25(26,27)28/h2-9,16,19,32H,10-15H2,1H3,(H2,29,30,31,34). The van der Waals surface area contributed by atoms with E-state index in [0.29, 0.717) is 44.7 Å².